The zero-order valence-corrected chi connectivity index (χ0v) is 12.4. The molecule has 0 aromatic heterocycles. The molecule has 0 aromatic carbocycles. The Bertz CT molecular complexity index is 398. The number of hydrogen-bond acceptors (Lipinski definition) is 4. The molecule has 1 heterocycles. The first kappa shape index (κ1) is 17.0. The van der Waals surface area contributed by atoms with Gasteiger partial charge in [-0.1, -0.05) is 6.58 Å². The van der Waals surface area contributed by atoms with E-state index in [4.69, 9.17) is 4.74 Å². The highest BCUT2D eigenvalue weighted by Crippen LogP contribution is 2.18. The zero-order valence-electron chi connectivity index (χ0n) is 12.4. The molecule has 1 aliphatic rings. The number of nitrogens with one attached hydrogen (secondary N) is 2. The molecule has 1 atom stereocenters. The van der Waals surface area contributed by atoms with Gasteiger partial charge >= 0.3 is 6.09 Å². The predicted molar refractivity (Wildman–Crippen MR) is 77.6 cm³/mol. The van der Waals surface area contributed by atoms with E-state index in [-0.39, 0.29) is 37.4 Å². The highest BCUT2D eigenvalue weighted by atomic mass is 16.5. The van der Waals surface area contributed by atoms with Gasteiger partial charge in [-0.15, -0.1) is 0 Å². The minimum atomic E-state index is -0.494. The number of rotatable bonds is 6. The summed E-state index contributed by atoms with van der Waals surface area (Å²) in [7, 11) is 1.49. The molecule has 1 aliphatic heterocycles. The summed E-state index contributed by atoms with van der Waals surface area (Å²) in [6.07, 6.45) is 3.69. The van der Waals surface area contributed by atoms with Crippen molar-refractivity contribution >= 4 is 17.9 Å². The summed E-state index contributed by atoms with van der Waals surface area (Å²) in [4.78, 5) is 36.1. The summed E-state index contributed by atoms with van der Waals surface area (Å²) >= 11 is 0. The van der Waals surface area contributed by atoms with Gasteiger partial charge in [0.25, 0.3) is 0 Å². The normalized spacial score (nSPS) is 17.8. The quantitative estimate of drug-likeness (QED) is 0.695. The molecule has 7 heteroatoms. The first-order valence-corrected chi connectivity index (χ1v) is 7.12. The Balaban J connectivity index is 2.43. The molecule has 1 fully saturated rings. The van der Waals surface area contributed by atoms with Crippen molar-refractivity contribution in [3.8, 4) is 0 Å². The van der Waals surface area contributed by atoms with Gasteiger partial charge in [0.1, 0.15) is 6.61 Å². The highest BCUT2D eigenvalue weighted by Gasteiger charge is 2.27. The highest BCUT2D eigenvalue weighted by molar-refractivity contribution is 5.87. The minimum Gasteiger partial charge on any atom is -0.447 e. The Morgan fingerprint density at radius 3 is 2.81 bits per heavy atom. The van der Waals surface area contributed by atoms with E-state index >= 15 is 0 Å². The molecule has 7 nitrogen and oxygen atoms in total. The number of ether oxygens (including phenoxy) is 1. The second-order valence-corrected chi connectivity index (χ2v) is 4.83. The number of carbonyl (C=O) groups is 3. The molecule has 0 bridgehead atoms. The summed E-state index contributed by atoms with van der Waals surface area (Å²) in [6.45, 7) is 4.49. The van der Waals surface area contributed by atoms with Crippen LogP contribution in [-0.2, 0) is 14.3 Å². The van der Waals surface area contributed by atoms with Gasteiger partial charge in [-0.05, 0) is 25.3 Å². The van der Waals surface area contributed by atoms with Crippen LogP contribution in [0, 0.1) is 0 Å². The SMILES string of the molecule is C=CC(=O)NCCC(=O)N1CCCCC1COC(=O)NC. The van der Waals surface area contributed by atoms with Gasteiger partial charge in [0, 0.05) is 26.6 Å². The van der Waals surface area contributed by atoms with Crippen molar-refractivity contribution in [2.45, 2.75) is 31.7 Å². The maximum Gasteiger partial charge on any atom is 0.406 e. The van der Waals surface area contributed by atoms with Crippen LogP contribution in [0.3, 0.4) is 0 Å². The maximum absolute atomic E-state index is 12.2. The molecule has 118 valence electrons. The van der Waals surface area contributed by atoms with Crippen molar-refractivity contribution in [1.82, 2.24) is 15.5 Å². The number of hydrogen-bond donors (Lipinski definition) is 2. The lowest BCUT2D eigenvalue weighted by atomic mass is 10.0. The Labute approximate surface area is 124 Å². The summed E-state index contributed by atoms with van der Waals surface area (Å²) in [5.41, 5.74) is 0. The van der Waals surface area contributed by atoms with Crippen LogP contribution in [0.5, 0.6) is 0 Å². The molecule has 0 aliphatic carbocycles. The molecule has 0 radical (unpaired) electrons. The van der Waals surface area contributed by atoms with Crippen LogP contribution >= 0.6 is 0 Å². The number of alkyl carbamates (subject to hydrolysis) is 1. The third-order valence-corrected chi connectivity index (χ3v) is 3.38. The average Bonchev–Trinajstić information content (AvgIpc) is 2.52. The van der Waals surface area contributed by atoms with Crippen LogP contribution in [0.1, 0.15) is 25.7 Å². The van der Waals surface area contributed by atoms with Gasteiger partial charge in [0.2, 0.25) is 11.8 Å². The number of carbonyl (C=O) groups excluding carboxylic acids is 3. The molecule has 1 saturated heterocycles. The van der Waals surface area contributed by atoms with E-state index in [1.807, 2.05) is 0 Å². The van der Waals surface area contributed by atoms with Crippen LogP contribution in [0.2, 0.25) is 0 Å². The van der Waals surface area contributed by atoms with E-state index in [2.05, 4.69) is 17.2 Å². The standard InChI is InChI=1S/C14H23N3O4/c1-3-12(18)16-8-7-13(19)17-9-5-4-6-11(17)10-21-14(20)15-2/h3,11H,1,4-10H2,2H3,(H,15,20)(H,16,18). The molecule has 1 rings (SSSR count). The molecule has 0 saturated carbocycles. The van der Waals surface area contributed by atoms with E-state index in [1.165, 1.54) is 13.1 Å². The van der Waals surface area contributed by atoms with Gasteiger partial charge in [-0.2, -0.15) is 0 Å². The fourth-order valence-corrected chi connectivity index (χ4v) is 2.25. The van der Waals surface area contributed by atoms with Gasteiger partial charge in [-0.3, -0.25) is 9.59 Å². The van der Waals surface area contributed by atoms with Crippen LogP contribution in [0.25, 0.3) is 0 Å². The summed E-state index contributed by atoms with van der Waals surface area (Å²) in [5, 5.41) is 4.96. The topological polar surface area (TPSA) is 87.7 Å². The second kappa shape index (κ2) is 8.99. The molecule has 2 N–H and O–H groups in total. The number of amides is 3. The number of nitrogens with zero attached hydrogens (tertiary/aromatic N) is 1. The van der Waals surface area contributed by atoms with Crippen molar-refractivity contribution in [3.05, 3.63) is 12.7 Å². The van der Waals surface area contributed by atoms with Crippen LogP contribution in [-0.4, -0.2) is 55.6 Å². The average molecular weight is 297 g/mol. The fourth-order valence-electron chi connectivity index (χ4n) is 2.25. The lowest BCUT2D eigenvalue weighted by Gasteiger charge is -2.35. The first-order chi connectivity index (χ1) is 10.1. The van der Waals surface area contributed by atoms with Gasteiger partial charge < -0.3 is 20.3 Å². The van der Waals surface area contributed by atoms with E-state index in [0.29, 0.717) is 6.54 Å². The summed E-state index contributed by atoms with van der Waals surface area (Å²) in [5.74, 6) is -0.328. The Morgan fingerprint density at radius 1 is 1.38 bits per heavy atom. The number of likely N-dealkylation sites (tertiary alicyclic amines) is 1. The molecule has 1 unspecified atom stereocenters. The molecule has 0 aromatic rings. The summed E-state index contributed by atoms with van der Waals surface area (Å²) < 4.78 is 5.04. The van der Waals surface area contributed by atoms with Gasteiger partial charge in [-0.25, -0.2) is 4.79 Å². The maximum atomic E-state index is 12.2. The third kappa shape index (κ3) is 5.85. The molecule has 0 spiro atoms. The summed E-state index contributed by atoms with van der Waals surface area (Å²) in [6, 6.07) is -0.0846. The lowest BCUT2D eigenvalue weighted by Crippen LogP contribution is -2.47. The van der Waals surface area contributed by atoms with Crippen molar-refractivity contribution in [2.24, 2.45) is 0 Å². The molecule has 21 heavy (non-hydrogen) atoms. The van der Waals surface area contributed by atoms with E-state index in [9.17, 15) is 14.4 Å². The largest absolute Gasteiger partial charge is 0.447 e. The van der Waals surface area contributed by atoms with Crippen molar-refractivity contribution in [1.29, 1.82) is 0 Å². The van der Waals surface area contributed by atoms with Crippen molar-refractivity contribution < 1.29 is 19.1 Å². The monoisotopic (exact) mass is 297 g/mol. The van der Waals surface area contributed by atoms with Crippen LogP contribution < -0.4 is 10.6 Å². The third-order valence-electron chi connectivity index (χ3n) is 3.38. The Kier molecular flexibility index (Phi) is 7.28. The van der Waals surface area contributed by atoms with E-state index < -0.39 is 6.09 Å². The Hall–Kier alpha value is -2.05. The number of piperidine rings is 1. The molecule has 3 amide bonds. The minimum absolute atomic E-state index is 0.0374. The van der Waals surface area contributed by atoms with Gasteiger partial charge in [0.05, 0.1) is 6.04 Å². The zero-order chi connectivity index (χ0) is 15.7. The van der Waals surface area contributed by atoms with Crippen LogP contribution in [0.15, 0.2) is 12.7 Å². The Morgan fingerprint density at radius 2 is 2.14 bits per heavy atom. The van der Waals surface area contributed by atoms with Crippen LogP contribution in [0.4, 0.5) is 4.79 Å². The second-order valence-electron chi connectivity index (χ2n) is 4.83. The van der Waals surface area contributed by atoms with E-state index in [1.54, 1.807) is 4.90 Å². The molecular weight excluding hydrogens is 274 g/mol. The fraction of sp³-hybridized carbons (Fsp3) is 0.643. The lowest BCUT2D eigenvalue weighted by molar-refractivity contribution is -0.135. The van der Waals surface area contributed by atoms with E-state index in [0.717, 1.165) is 19.3 Å². The van der Waals surface area contributed by atoms with Gasteiger partial charge in [0.15, 0.2) is 0 Å². The smallest absolute Gasteiger partial charge is 0.406 e. The first-order valence-electron chi connectivity index (χ1n) is 7.12. The van der Waals surface area contributed by atoms with Crippen molar-refractivity contribution in [3.63, 3.8) is 0 Å². The molecular formula is C14H23N3O4. The van der Waals surface area contributed by atoms with Crippen molar-refractivity contribution in [2.75, 3.05) is 26.7 Å². The predicted octanol–water partition coefficient (Wildman–Crippen LogP) is 0.416.